The molecule has 0 amide bonds. The maximum Gasteiger partial charge on any atom is 0.333 e. The molecule has 0 N–H and O–H groups in total. The molecule has 6 rings (SSSR count). The molecule has 9 atom stereocenters. The molecule has 2 nitrogen and oxygen atoms in total. The van der Waals surface area contributed by atoms with Crippen LogP contribution < -0.4 is 0 Å². The van der Waals surface area contributed by atoms with Gasteiger partial charge in [-0.3, -0.25) is 0 Å². The Hall–Kier alpha value is -0.790. The predicted molar refractivity (Wildman–Crippen MR) is 89.6 cm³/mol. The van der Waals surface area contributed by atoms with Crippen LogP contribution in [0.1, 0.15) is 58.8 Å². The maximum absolute atomic E-state index is 12.3. The molecule has 0 heterocycles. The lowest BCUT2D eigenvalue weighted by atomic mass is 9.41. The molecule has 6 saturated carbocycles. The molecule has 6 aliphatic rings. The van der Waals surface area contributed by atoms with Crippen LogP contribution in [-0.4, -0.2) is 11.6 Å². The van der Waals surface area contributed by atoms with Crippen LogP contribution in [0.4, 0.5) is 0 Å². The Morgan fingerprint density at radius 1 is 1.09 bits per heavy atom. The normalized spacial score (nSPS) is 55.0. The van der Waals surface area contributed by atoms with Gasteiger partial charge in [0.15, 0.2) is 0 Å². The van der Waals surface area contributed by atoms with Crippen LogP contribution in [0.25, 0.3) is 0 Å². The van der Waals surface area contributed by atoms with E-state index in [0.717, 1.165) is 54.3 Å². The Bertz CT molecular complexity index is 566. The first-order valence-electron chi connectivity index (χ1n) is 9.94. The van der Waals surface area contributed by atoms with Crippen molar-refractivity contribution < 1.29 is 9.53 Å². The zero-order valence-corrected chi connectivity index (χ0v) is 14.6. The molecule has 0 radical (unpaired) electrons. The van der Waals surface area contributed by atoms with E-state index in [0.29, 0.717) is 11.5 Å². The minimum atomic E-state index is -0.168. The number of esters is 1. The summed E-state index contributed by atoms with van der Waals surface area (Å²) in [7, 11) is 0. The molecular weight excluding hydrogens is 284 g/mol. The van der Waals surface area contributed by atoms with E-state index in [-0.39, 0.29) is 11.6 Å². The zero-order chi connectivity index (χ0) is 15.9. The van der Waals surface area contributed by atoms with Gasteiger partial charge in [0.2, 0.25) is 0 Å². The highest BCUT2D eigenvalue weighted by Crippen LogP contribution is 2.73. The first-order valence-corrected chi connectivity index (χ1v) is 9.94. The van der Waals surface area contributed by atoms with E-state index in [4.69, 9.17) is 4.74 Å². The monoisotopic (exact) mass is 314 g/mol. The van der Waals surface area contributed by atoms with Crippen molar-refractivity contribution in [3.8, 4) is 0 Å². The van der Waals surface area contributed by atoms with Crippen LogP contribution in [0.2, 0.25) is 0 Å². The van der Waals surface area contributed by atoms with E-state index in [1.807, 2.05) is 0 Å². The quantitative estimate of drug-likeness (QED) is 0.562. The van der Waals surface area contributed by atoms with Gasteiger partial charge in [0.25, 0.3) is 0 Å². The van der Waals surface area contributed by atoms with Crippen LogP contribution in [0.15, 0.2) is 12.2 Å². The van der Waals surface area contributed by atoms with E-state index < -0.39 is 0 Å². The lowest BCUT2D eigenvalue weighted by molar-refractivity contribution is -0.196. The minimum absolute atomic E-state index is 0.154. The number of hydrogen-bond acceptors (Lipinski definition) is 2. The molecule has 2 heteroatoms. The molecule has 9 unspecified atom stereocenters. The summed E-state index contributed by atoms with van der Waals surface area (Å²) < 4.78 is 6.14. The van der Waals surface area contributed by atoms with Gasteiger partial charge in [-0.1, -0.05) is 13.5 Å². The van der Waals surface area contributed by atoms with Crippen molar-refractivity contribution in [1.29, 1.82) is 0 Å². The second-order valence-electron chi connectivity index (χ2n) is 9.36. The Balaban J connectivity index is 1.47. The minimum Gasteiger partial charge on any atom is -0.455 e. The van der Waals surface area contributed by atoms with Gasteiger partial charge < -0.3 is 4.74 Å². The Morgan fingerprint density at radius 2 is 1.70 bits per heavy atom. The molecule has 6 aliphatic carbocycles. The van der Waals surface area contributed by atoms with Crippen molar-refractivity contribution in [3.05, 3.63) is 12.2 Å². The molecule has 0 aliphatic heterocycles. The highest BCUT2D eigenvalue weighted by Gasteiger charge is 2.70. The first-order chi connectivity index (χ1) is 11.1. The topological polar surface area (TPSA) is 26.3 Å². The summed E-state index contributed by atoms with van der Waals surface area (Å²) in [5, 5.41) is 0. The van der Waals surface area contributed by atoms with E-state index in [1.165, 1.54) is 32.1 Å². The van der Waals surface area contributed by atoms with E-state index >= 15 is 0 Å². The second-order valence-corrected chi connectivity index (χ2v) is 9.36. The standard InChI is InChI=1S/C21H30O2/c1-4-21(23-20(22)11(2)3)10-12-9-17(21)19-16-8-7-15(18(12)19)13-5-6-14(13)16/h12-19H,2,4-10H2,1,3H3. The van der Waals surface area contributed by atoms with Gasteiger partial charge in [0, 0.05) is 11.5 Å². The Labute approximate surface area is 140 Å². The lowest BCUT2D eigenvalue weighted by Crippen LogP contribution is -2.60. The summed E-state index contributed by atoms with van der Waals surface area (Å²) in [4.78, 5) is 12.3. The third kappa shape index (κ3) is 1.68. The number of carbonyl (C=O) groups excluding carboxylic acids is 1. The summed E-state index contributed by atoms with van der Waals surface area (Å²) in [5.41, 5.74) is 0.389. The van der Waals surface area contributed by atoms with Crippen LogP contribution >= 0.6 is 0 Å². The van der Waals surface area contributed by atoms with Gasteiger partial charge in [0.1, 0.15) is 5.60 Å². The molecule has 23 heavy (non-hydrogen) atoms. The largest absolute Gasteiger partial charge is 0.455 e. The number of rotatable bonds is 3. The average Bonchev–Trinajstić information content (AvgIpc) is 3.04. The molecule has 0 saturated heterocycles. The van der Waals surface area contributed by atoms with Crippen molar-refractivity contribution in [1.82, 2.24) is 0 Å². The Kier molecular flexibility index (Phi) is 2.93. The molecule has 6 fully saturated rings. The maximum atomic E-state index is 12.3. The fourth-order valence-electron chi connectivity index (χ4n) is 8.07. The number of hydrogen-bond donors (Lipinski definition) is 0. The third-order valence-corrected chi connectivity index (χ3v) is 8.84. The lowest BCUT2D eigenvalue weighted by Gasteiger charge is -2.64. The van der Waals surface area contributed by atoms with Gasteiger partial charge in [0.05, 0.1) is 0 Å². The van der Waals surface area contributed by atoms with Crippen LogP contribution in [-0.2, 0) is 9.53 Å². The highest BCUT2D eigenvalue weighted by atomic mass is 16.6. The van der Waals surface area contributed by atoms with E-state index in [1.54, 1.807) is 6.92 Å². The summed E-state index contributed by atoms with van der Waals surface area (Å²) in [6.45, 7) is 7.81. The van der Waals surface area contributed by atoms with Gasteiger partial charge >= 0.3 is 5.97 Å². The molecule has 0 spiro atoms. The molecule has 0 aromatic carbocycles. The van der Waals surface area contributed by atoms with Crippen molar-refractivity contribution in [2.45, 2.75) is 64.4 Å². The molecule has 0 aromatic heterocycles. The predicted octanol–water partition coefficient (Wildman–Crippen LogP) is 4.59. The SMILES string of the molecule is C=C(C)C(=O)OC1(CC)CC2CC1C1C3CCC(C4CCC43)C21. The number of fused-ring (bicyclic) bond motifs is 3. The number of ether oxygens (including phenoxy) is 1. The molecule has 126 valence electrons. The number of carbonyl (C=O) groups is 1. The van der Waals surface area contributed by atoms with Gasteiger partial charge in [-0.05, 0) is 93.3 Å². The molecular formula is C21H30O2. The Morgan fingerprint density at radius 3 is 2.26 bits per heavy atom. The van der Waals surface area contributed by atoms with Crippen molar-refractivity contribution in [3.63, 3.8) is 0 Å². The van der Waals surface area contributed by atoms with Crippen molar-refractivity contribution in [2.24, 2.45) is 47.3 Å². The third-order valence-electron chi connectivity index (χ3n) is 8.84. The van der Waals surface area contributed by atoms with Crippen molar-refractivity contribution >= 4 is 5.97 Å². The van der Waals surface area contributed by atoms with Crippen LogP contribution in [0, 0.1) is 47.3 Å². The second kappa shape index (κ2) is 4.64. The van der Waals surface area contributed by atoms with Gasteiger partial charge in [-0.25, -0.2) is 4.79 Å². The van der Waals surface area contributed by atoms with Gasteiger partial charge in [-0.2, -0.15) is 0 Å². The van der Waals surface area contributed by atoms with E-state index in [9.17, 15) is 4.79 Å². The molecule has 0 aromatic rings. The molecule has 4 bridgehead atoms. The zero-order valence-electron chi connectivity index (χ0n) is 14.6. The summed E-state index contributed by atoms with van der Waals surface area (Å²) in [6.07, 6.45) is 9.41. The summed E-state index contributed by atoms with van der Waals surface area (Å²) in [5.74, 6) is 7.23. The highest BCUT2D eigenvalue weighted by molar-refractivity contribution is 5.87. The summed E-state index contributed by atoms with van der Waals surface area (Å²) >= 11 is 0. The van der Waals surface area contributed by atoms with Gasteiger partial charge in [-0.15, -0.1) is 0 Å². The van der Waals surface area contributed by atoms with E-state index in [2.05, 4.69) is 13.5 Å². The van der Waals surface area contributed by atoms with Crippen molar-refractivity contribution in [2.75, 3.05) is 0 Å². The van der Waals surface area contributed by atoms with Crippen LogP contribution in [0.5, 0.6) is 0 Å². The smallest absolute Gasteiger partial charge is 0.333 e. The fraction of sp³-hybridized carbons (Fsp3) is 0.857. The summed E-state index contributed by atoms with van der Waals surface area (Å²) in [6, 6.07) is 0. The fourth-order valence-corrected chi connectivity index (χ4v) is 8.07. The average molecular weight is 314 g/mol. The van der Waals surface area contributed by atoms with Crippen LogP contribution in [0.3, 0.4) is 0 Å². The first kappa shape index (κ1) is 14.5.